The van der Waals surface area contributed by atoms with Crippen LogP contribution in [-0.2, 0) is 20.7 Å². The van der Waals surface area contributed by atoms with E-state index in [1.165, 1.54) is 0 Å². The monoisotopic (exact) mass is 634 g/mol. The number of carbonyl (C=O) groups is 2. The van der Waals surface area contributed by atoms with Crippen LogP contribution in [0.25, 0.3) is 11.1 Å². The van der Waals surface area contributed by atoms with Gasteiger partial charge in [-0.3, -0.25) is 14.4 Å². The molecule has 0 aliphatic rings. The number of ether oxygens (including phenoxy) is 2. The molecule has 0 amide bonds. The number of rotatable bonds is 15. The highest BCUT2D eigenvalue weighted by atomic mass is 19.1. The van der Waals surface area contributed by atoms with E-state index < -0.39 is 23.7 Å². The van der Waals surface area contributed by atoms with Crippen LogP contribution in [0.15, 0.2) is 41.3 Å². The van der Waals surface area contributed by atoms with E-state index in [9.17, 15) is 14.4 Å². The number of nitrogens with zero attached hydrogens (tertiary/aromatic N) is 2. The van der Waals surface area contributed by atoms with Crippen LogP contribution < -0.4 is 10.3 Å². The van der Waals surface area contributed by atoms with Crippen LogP contribution in [0, 0.1) is 39.4 Å². The molecule has 3 rings (SSSR count). The molecule has 0 radical (unpaired) electrons. The van der Waals surface area contributed by atoms with Gasteiger partial charge in [-0.2, -0.15) is 0 Å². The predicted molar refractivity (Wildman–Crippen MR) is 182 cm³/mol. The van der Waals surface area contributed by atoms with Gasteiger partial charge in [0.2, 0.25) is 0 Å². The fraction of sp³-hybridized carbons (Fsp3) is 0.500. The van der Waals surface area contributed by atoms with Crippen LogP contribution in [0.2, 0.25) is 0 Å². The fourth-order valence-electron chi connectivity index (χ4n) is 6.21. The van der Waals surface area contributed by atoms with E-state index in [0.717, 1.165) is 52.1 Å². The topological polar surface area (TPSA) is 77.8 Å². The number of hydrogen-bond donors (Lipinski definition) is 0. The number of Topliss-reactive ketones (excluding diaryl/α,β-unsaturated/α-hetero) is 1. The number of likely N-dealkylation sites (N-methyl/N-ethyl adjacent to an activating group) is 1. The Hall–Kier alpha value is -3.78. The molecule has 1 aromatic heterocycles. The quantitative estimate of drug-likeness (QED) is 0.164. The summed E-state index contributed by atoms with van der Waals surface area (Å²) in [7, 11) is 5.60. The van der Waals surface area contributed by atoms with Crippen LogP contribution >= 0.6 is 0 Å². The van der Waals surface area contributed by atoms with Crippen molar-refractivity contribution < 1.29 is 23.5 Å². The van der Waals surface area contributed by atoms with Gasteiger partial charge in [0.15, 0.2) is 5.78 Å². The molecular weight excluding hydrogens is 583 g/mol. The minimum Gasteiger partial charge on any atom is -0.497 e. The van der Waals surface area contributed by atoms with Gasteiger partial charge < -0.3 is 18.9 Å². The first kappa shape index (κ1) is 36.7. The highest BCUT2D eigenvalue weighted by Crippen LogP contribution is 2.37. The Morgan fingerprint density at radius 2 is 1.59 bits per heavy atom. The summed E-state index contributed by atoms with van der Waals surface area (Å²) in [6.45, 7) is 14.3. The number of esters is 1. The fourth-order valence-corrected chi connectivity index (χ4v) is 6.21. The molecule has 2 atom stereocenters. The molecule has 8 heteroatoms. The molecule has 3 aromatic rings. The molecular formula is C38H51FN2O5. The van der Waals surface area contributed by atoms with Crippen molar-refractivity contribution in [2.45, 2.75) is 86.1 Å². The van der Waals surface area contributed by atoms with Crippen molar-refractivity contribution in [3.8, 4) is 16.9 Å². The minimum absolute atomic E-state index is 0.110. The lowest BCUT2D eigenvalue weighted by Crippen LogP contribution is -2.32. The van der Waals surface area contributed by atoms with Gasteiger partial charge in [-0.05, 0) is 136 Å². The maximum absolute atomic E-state index is 16.1. The average molecular weight is 635 g/mol. The third-order valence-corrected chi connectivity index (χ3v) is 8.55. The lowest BCUT2D eigenvalue weighted by molar-refractivity contribution is -0.143. The van der Waals surface area contributed by atoms with Gasteiger partial charge in [-0.15, -0.1) is 0 Å². The van der Waals surface area contributed by atoms with Gasteiger partial charge in [-0.25, -0.2) is 4.39 Å². The van der Waals surface area contributed by atoms with Gasteiger partial charge in [0.05, 0.1) is 26.2 Å². The highest BCUT2D eigenvalue weighted by Gasteiger charge is 2.30. The number of ketones is 1. The summed E-state index contributed by atoms with van der Waals surface area (Å²) >= 11 is 0. The molecule has 250 valence electrons. The molecule has 1 unspecified atom stereocenters. The molecule has 0 bridgehead atoms. The maximum atomic E-state index is 16.1. The van der Waals surface area contributed by atoms with Crippen LogP contribution in [0.1, 0.15) is 85.4 Å². The van der Waals surface area contributed by atoms with Gasteiger partial charge in [0.25, 0.3) is 5.56 Å². The Kier molecular flexibility index (Phi) is 12.9. The Balaban J connectivity index is 2.13. The third-order valence-electron chi connectivity index (χ3n) is 8.55. The van der Waals surface area contributed by atoms with Crippen molar-refractivity contribution in [3.63, 3.8) is 0 Å². The van der Waals surface area contributed by atoms with Crippen molar-refractivity contribution in [1.82, 2.24) is 9.47 Å². The second-order valence-corrected chi connectivity index (χ2v) is 13.1. The van der Waals surface area contributed by atoms with Crippen molar-refractivity contribution in [1.29, 1.82) is 0 Å². The maximum Gasteiger partial charge on any atom is 0.306 e. The summed E-state index contributed by atoms with van der Waals surface area (Å²) < 4.78 is 28.3. The molecule has 46 heavy (non-hydrogen) atoms. The highest BCUT2D eigenvalue weighted by molar-refractivity contribution is 5.84. The molecule has 0 saturated carbocycles. The largest absolute Gasteiger partial charge is 0.497 e. The summed E-state index contributed by atoms with van der Waals surface area (Å²) in [6.07, 6.45) is 2.70. The van der Waals surface area contributed by atoms with Gasteiger partial charge in [0, 0.05) is 31.1 Å². The van der Waals surface area contributed by atoms with Gasteiger partial charge >= 0.3 is 5.97 Å². The van der Waals surface area contributed by atoms with E-state index in [0.29, 0.717) is 12.0 Å². The SMILES string of the molecule is CCOC(=O)C[C@H](CC(=O)C(CC(C)C)n1cc(CCN(C)C)c(C)cc1=O)c1cc(-c2c(C)cc(OC)cc2C)cc(C)c1F. The van der Waals surface area contributed by atoms with Gasteiger partial charge in [0.1, 0.15) is 11.6 Å². The lowest BCUT2D eigenvalue weighted by Gasteiger charge is -2.25. The Morgan fingerprint density at radius 3 is 2.15 bits per heavy atom. The first-order valence-corrected chi connectivity index (χ1v) is 16.2. The molecule has 7 nitrogen and oxygen atoms in total. The van der Waals surface area contributed by atoms with E-state index >= 15 is 4.39 Å². The number of benzene rings is 2. The summed E-state index contributed by atoms with van der Waals surface area (Å²) in [5, 5.41) is 0. The Morgan fingerprint density at radius 1 is 0.935 bits per heavy atom. The van der Waals surface area contributed by atoms with Crippen LogP contribution in [-0.4, -0.2) is 55.6 Å². The third kappa shape index (κ3) is 9.15. The zero-order valence-electron chi connectivity index (χ0n) is 29.3. The van der Waals surface area contributed by atoms with Gasteiger partial charge in [-0.1, -0.05) is 13.8 Å². The van der Waals surface area contributed by atoms with Crippen LogP contribution in [0.5, 0.6) is 5.75 Å². The second-order valence-electron chi connectivity index (χ2n) is 13.1. The van der Waals surface area contributed by atoms with Crippen LogP contribution in [0.4, 0.5) is 4.39 Å². The van der Waals surface area contributed by atoms with Crippen molar-refractivity contribution in [3.05, 3.63) is 86.1 Å². The number of hydrogen-bond acceptors (Lipinski definition) is 6. The Labute approximate surface area is 273 Å². The van der Waals surface area contributed by atoms with E-state index in [1.54, 1.807) is 43.7 Å². The summed E-state index contributed by atoms with van der Waals surface area (Å²) in [5.74, 6) is -1.11. The molecule has 0 spiro atoms. The first-order chi connectivity index (χ1) is 21.7. The molecule has 0 aliphatic carbocycles. The second kappa shape index (κ2) is 16.2. The Bertz CT molecular complexity index is 1580. The number of aryl methyl sites for hydroxylation is 4. The van der Waals surface area contributed by atoms with E-state index in [2.05, 4.69) is 4.90 Å². The minimum atomic E-state index is -0.784. The molecule has 0 saturated heterocycles. The molecule has 0 fully saturated rings. The van der Waals surface area contributed by atoms with Crippen molar-refractivity contribution >= 4 is 11.8 Å². The standard InChI is InChI=1S/C38H51FN2O5/c1-11-46-36(44)21-29(32-19-30(15-27(7)38(32)39)37-25(5)16-31(45-10)17-26(37)6)20-34(42)33(14-23(2)3)41-22-28(12-13-40(8)9)24(4)18-35(41)43/h15-19,22-23,29,33H,11-14,20-21H2,1-10H3/t29-,33?/m0/s1. The predicted octanol–water partition coefficient (Wildman–Crippen LogP) is 7.28. The summed E-state index contributed by atoms with van der Waals surface area (Å²) in [4.78, 5) is 42.6. The average Bonchev–Trinajstić information content (AvgIpc) is 2.96. The lowest BCUT2D eigenvalue weighted by atomic mass is 9.83. The number of pyridine rings is 1. The van der Waals surface area contributed by atoms with E-state index in [1.807, 2.05) is 67.0 Å². The number of carbonyl (C=O) groups excluding carboxylic acids is 2. The number of halogens is 1. The van der Waals surface area contributed by atoms with E-state index in [4.69, 9.17) is 9.47 Å². The number of aromatic nitrogens is 1. The molecule has 0 N–H and O–H groups in total. The van der Waals surface area contributed by atoms with Crippen molar-refractivity contribution in [2.75, 3.05) is 34.4 Å². The molecule has 0 aliphatic heterocycles. The number of methoxy groups -OCH3 is 1. The first-order valence-electron chi connectivity index (χ1n) is 16.2. The smallest absolute Gasteiger partial charge is 0.306 e. The summed E-state index contributed by atoms with van der Waals surface area (Å²) in [6, 6.07) is 8.26. The molecule has 1 heterocycles. The van der Waals surface area contributed by atoms with Crippen molar-refractivity contribution in [2.24, 2.45) is 5.92 Å². The van der Waals surface area contributed by atoms with Crippen LogP contribution in [0.3, 0.4) is 0 Å². The normalized spacial score (nSPS) is 12.8. The van der Waals surface area contributed by atoms with E-state index in [-0.39, 0.29) is 42.3 Å². The zero-order chi connectivity index (χ0) is 34.3. The molecule has 2 aromatic carbocycles. The summed E-state index contributed by atoms with van der Waals surface area (Å²) in [5.41, 5.74) is 6.02. The zero-order valence-corrected chi connectivity index (χ0v) is 29.3.